The van der Waals surface area contributed by atoms with Gasteiger partial charge < -0.3 is 5.11 Å². The van der Waals surface area contributed by atoms with Gasteiger partial charge in [-0.2, -0.15) is 5.10 Å². The smallest absolute Gasteiger partial charge is 0.328 e. The molecular weight excluding hydrogens is 252 g/mol. The summed E-state index contributed by atoms with van der Waals surface area (Å²) in [6, 6.07) is 7.91. The van der Waals surface area contributed by atoms with Gasteiger partial charge in [0.25, 0.3) is 0 Å². The molecule has 0 saturated heterocycles. The van der Waals surface area contributed by atoms with Gasteiger partial charge in [-0.15, -0.1) is 0 Å². The molecule has 1 aromatic carbocycles. The highest BCUT2D eigenvalue weighted by Crippen LogP contribution is 2.39. The van der Waals surface area contributed by atoms with E-state index in [0.717, 1.165) is 28.6 Å². The Kier molecular flexibility index (Phi) is 3.14. The zero-order valence-electron chi connectivity index (χ0n) is 11.3. The van der Waals surface area contributed by atoms with Gasteiger partial charge in [0.2, 0.25) is 0 Å². The van der Waals surface area contributed by atoms with Gasteiger partial charge in [0.1, 0.15) is 0 Å². The number of aryl methyl sites for hydroxylation is 1. The second-order valence-corrected chi connectivity index (χ2v) is 5.18. The van der Waals surface area contributed by atoms with Crippen LogP contribution in [0.2, 0.25) is 0 Å². The summed E-state index contributed by atoms with van der Waals surface area (Å²) in [6.45, 7) is 2.03. The van der Waals surface area contributed by atoms with E-state index in [4.69, 9.17) is 5.11 Å². The SMILES string of the molecule is Cc1ccc(/C=C/C(=O)O)cc1-n1ccc(C2CC2)n1. The third-order valence-corrected chi connectivity index (χ3v) is 3.50. The monoisotopic (exact) mass is 268 g/mol. The van der Waals surface area contributed by atoms with Crippen molar-refractivity contribution in [3.63, 3.8) is 0 Å². The lowest BCUT2D eigenvalue weighted by Crippen LogP contribution is -1.99. The van der Waals surface area contributed by atoms with Crippen molar-refractivity contribution in [1.82, 2.24) is 9.78 Å². The Morgan fingerprint density at radius 1 is 1.40 bits per heavy atom. The quantitative estimate of drug-likeness (QED) is 0.867. The molecular formula is C16H16N2O2. The summed E-state index contributed by atoms with van der Waals surface area (Å²) >= 11 is 0. The van der Waals surface area contributed by atoms with Gasteiger partial charge in [-0.25, -0.2) is 9.48 Å². The largest absolute Gasteiger partial charge is 0.478 e. The Hall–Kier alpha value is -2.36. The van der Waals surface area contributed by atoms with Gasteiger partial charge >= 0.3 is 5.97 Å². The average Bonchev–Trinajstić information content (AvgIpc) is 3.16. The Morgan fingerprint density at radius 2 is 2.20 bits per heavy atom. The molecule has 0 radical (unpaired) electrons. The van der Waals surface area contributed by atoms with Crippen LogP contribution in [0.25, 0.3) is 11.8 Å². The first-order valence-electron chi connectivity index (χ1n) is 6.71. The molecule has 0 unspecified atom stereocenters. The van der Waals surface area contributed by atoms with E-state index < -0.39 is 5.97 Å². The van der Waals surface area contributed by atoms with Gasteiger partial charge in [0.15, 0.2) is 0 Å². The Labute approximate surface area is 117 Å². The second kappa shape index (κ2) is 4.96. The molecule has 1 saturated carbocycles. The highest BCUT2D eigenvalue weighted by Gasteiger charge is 2.25. The molecule has 0 atom stereocenters. The normalized spacial score (nSPS) is 14.8. The number of hydrogen-bond acceptors (Lipinski definition) is 2. The van der Waals surface area contributed by atoms with Crippen LogP contribution in [0.1, 0.15) is 35.6 Å². The van der Waals surface area contributed by atoms with Crippen LogP contribution in [0, 0.1) is 6.92 Å². The molecule has 2 aromatic rings. The summed E-state index contributed by atoms with van der Waals surface area (Å²) in [5.41, 5.74) is 4.11. The molecule has 1 fully saturated rings. The highest BCUT2D eigenvalue weighted by molar-refractivity contribution is 5.85. The molecule has 0 bridgehead atoms. The predicted octanol–water partition coefficient (Wildman–Crippen LogP) is 3.16. The molecule has 1 aliphatic carbocycles. The molecule has 4 nitrogen and oxygen atoms in total. The fourth-order valence-corrected chi connectivity index (χ4v) is 2.21. The van der Waals surface area contributed by atoms with E-state index in [1.807, 2.05) is 36.0 Å². The van der Waals surface area contributed by atoms with Crippen molar-refractivity contribution < 1.29 is 9.90 Å². The van der Waals surface area contributed by atoms with E-state index in [1.54, 1.807) is 6.08 Å². The van der Waals surface area contributed by atoms with Gasteiger partial charge in [-0.3, -0.25) is 0 Å². The van der Waals surface area contributed by atoms with E-state index in [0.29, 0.717) is 5.92 Å². The molecule has 0 amide bonds. The van der Waals surface area contributed by atoms with E-state index in [2.05, 4.69) is 11.2 Å². The number of hydrogen-bond donors (Lipinski definition) is 1. The maximum absolute atomic E-state index is 10.6. The first-order valence-corrected chi connectivity index (χ1v) is 6.71. The number of nitrogens with zero attached hydrogens (tertiary/aromatic N) is 2. The predicted molar refractivity (Wildman–Crippen MR) is 76.9 cm³/mol. The zero-order valence-corrected chi connectivity index (χ0v) is 11.3. The van der Waals surface area contributed by atoms with Crippen LogP contribution in [0.3, 0.4) is 0 Å². The number of carbonyl (C=O) groups is 1. The van der Waals surface area contributed by atoms with Crippen LogP contribution in [0.5, 0.6) is 0 Å². The lowest BCUT2D eigenvalue weighted by Gasteiger charge is -2.07. The third kappa shape index (κ3) is 2.64. The first kappa shape index (κ1) is 12.7. The zero-order chi connectivity index (χ0) is 14.1. The maximum atomic E-state index is 10.6. The minimum absolute atomic E-state index is 0.631. The molecule has 0 spiro atoms. The van der Waals surface area contributed by atoms with Gasteiger partial charge in [-0.05, 0) is 49.1 Å². The lowest BCUT2D eigenvalue weighted by molar-refractivity contribution is -0.131. The minimum Gasteiger partial charge on any atom is -0.478 e. The molecule has 1 aromatic heterocycles. The third-order valence-electron chi connectivity index (χ3n) is 3.50. The standard InChI is InChI=1S/C16H16N2O2/c1-11-2-3-12(4-7-16(19)20)10-15(11)18-9-8-14(17-18)13-5-6-13/h2-4,7-10,13H,5-6H2,1H3,(H,19,20)/b7-4+. The van der Waals surface area contributed by atoms with Crippen molar-refractivity contribution in [3.05, 3.63) is 53.4 Å². The number of rotatable bonds is 4. The summed E-state index contributed by atoms with van der Waals surface area (Å²) in [5, 5.41) is 13.3. The van der Waals surface area contributed by atoms with Gasteiger partial charge in [0.05, 0.1) is 11.4 Å². The topological polar surface area (TPSA) is 55.1 Å². The summed E-state index contributed by atoms with van der Waals surface area (Å²) in [5.74, 6) is -0.311. The number of carboxylic acids is 1. The fourth-order valence-electron chi connectivity index (χ4n) is 2.21. The molecule has 0 aliphatic heterocycles. The van der Waals surface area contributed by atoms with Crippen molar-refractivity contribution >= 4 is 12.0 Å². The van der Waals surface area contributed by atoms with Crippen LogP contribution in [0.15, 0.2) is 36.5 Å². The summed E-state index contributed by atoms with van der Waals surface area (Å²) in [7, 11) is 0. The first-order chi connectivity index (χ1) is 9.63. The maximum Gasteiger partial charge on any atom is 0.328 e. The number of benzene rings is 1. The van der Waals surface area contributed by atoms with Crippen molar-refractivity contribution in [2.24, 2.45) is 0 Å². The molecule has 1 aliphatic rings. The van der Waals surface area contributed by atoms with E-state index in [9.17, 15) is 4.79 Å². The lowest BCUT2D eigenvalue weighted by atomic mass is 10.1. The molecule has 3 rings (SSSR count). The summed E-state index contributed by atoms with van der Waals surface area (Å²) in [4.78, 5) is 10.6. The van der Waals surface area contributed by atoms with Crippen LogP contribution in [-0.4, -0.2) is 20.9 Å². The minimum atomic E-state index is -0.942. The highest BCUT2D eigenvalue weighted by atomic mass is 16.4. The summed E-state index contributed by atoms with van der Waals surface area (Å²) < 4.78 is 1.88. The van der Waals surface area contributed by atoms with Gasteiger partial charge in [-0.1, -0.05) is 12.1 Å². The number of carboxylic acid groups (broad SMARTS) is 1. The Balaban J connectivity index is 1.94. The number of aliphatic carboxylic acids is 1. The van der Waals surface area contributed by atoms with Crippen LogP contribution >= 0.6 is 0 Å². The number of aromatic nitrogens is 2. The summed E-state index contributed by atoms with van der Waals surface area (Å²) in [6.07, 6.45) is 7.18. The fraction of sp³-hybridized carbons (Fsp3) is 0.250. The van der Waals surface area contributed by atoms with Crippen molar-refractivity contribution in [2.45, 2.75) is 25.7 Å². The molecule has 1 heterocycles. The second-order valence-electron chi connectivity index (χ2n) is 5.18. The van der Waals surface area contributed by atoms with Crippen molar-refractivity contribution in [3.8, 4) is 5.69 Å². The Bertz CT molecular complexity index is 682. The Morgan fingerprint density at radius 3 is 2.90 bits per heavy atom. The van der Waals surface area contributed by atoms with Crippen molar-refractivity contribution in [2.75, 3.05) is 0 Å². The molecule has 4 heteroatoms. The molecule has 1 N–H and O–H groups in total. The van der Waals surface area contributed by atoms with E-state index in [1.165, 1.54) is 12.8 Å². The molecule has 20 heavy (non-hydrogen) atoms. The van der Waals surface area contributed by atoms with E-state index >= 15 is 0 Å². The van der Waals surface area contributed by atoms with Crippen LogP contribution in [0.4, 0.5) is 0 Å². The van der Waals surface area contributed by atoms with Gasteiger partial charge in [0, 0.05) is 18.2 Å². The average molecular weight is 268 g/mol. The van der Waals surface area contributed by atoms with Crippen molar-refractivity contribution in [1.29, 1.82) is 0 Å². The molecule has 102 valence electrons. The van der Waals surface area contributed by atoms with Crippen LogP contribution < -0.4 is 0 Å². The van der Waals surface area contributed by atoms with E-state index in [-0.39, 0.29) is 0 Å². The van der Waals surface area contributed by atoms with Crippen LogP contribution in [-0.2, 0) is 4.79 Å².